The zero-order chi connectivity index (χ0) is 24.8. The lowest BCUT2D eigenvalue weighted by molar-refractivity contribution is -0.113. The highest BCUT2D eigenvalue weighted by molar-refractivity contribution is 7.99. The number of nitrogens with one attached hydrogen (secondary N) is 1. The summed E-state index contributed by atoms with van der Waals surface area (Å²) in [6.07, 6.45) is 1.76. The molecular weight excluding hydrogens is 504 g/mol. The van der Waals surface area contributed by atoms with Gasteiger partial charge in [0.1, 0.15) is 16.3 Å². The molecule has 0 spiro atoms. The second-order valence-electron chi connectivity index (χ2n) is 7.09. The van der Waals surface area contributed by atoms with Crippen LogP contribution in [0.15, 0.2) is 65.0 Å². The van der Waals surface area contributed by atoms with E-state index >= 15 is 0 Å². The van der Waals surface area contributed by atoms with Crippen molar-refractivity contribution in [2.45, 2.75) is 11.7 Å². The summed E-state index contributed by atoms with van der Waals surface area (Å²) >= 11 is 4.11. The van der Waals surface area contributed by atoms with Crippen molar-refractivity contribution < 1.29 is 19.1 Å². The minimum absolute atomic E-state index is 0.0934. The maximum absolute atomic E-state index is 12.8. The lowest BCUT2D eigenvalue weighted by Crippen LogP contribution is -2.16. The summed E-state index contributed by atoms with van der Waals surface area (Å²) in [6.45, 7) is 4.33. The fourth-order valence-electron chi connectivity index (χ4n) is 3.31. The summed E-state index contributed by atoms with van der Waals surface area (Å²) in [4.78, 5) is 26.4. The fraction of sp³-hybridized carbons (Fsp3) is 0.167. The van der Waals surface area contributed by atoms with Crippen molar-refractivity contribution in [2.75, 3.05) is 25.3 Å². The van der Waals surface area contributed by atoms with E-state index in [4.69, 9.17) is 9.47 Å². The second kappa shape index (κ2) is 11.3. The first-order valence-electron chi connectivity index (χ1n) is 10.4. The topological polar surface area (TPSA) is 95.3 Å². The molecule has 0 fully saturated rings. The number of carbonyl (C=O) groups is 2. The van der Waals surface area contributed by atoms with Gasteiger partial charge in [-0.3, -0.25) is 9.36 Å². The van der Waals surface area contributed by atoms with Crippen LogP contribution in [0.25, 0.3) is 21.8 Å². The van der Waals surface area contributed by atoms with Crippen LogP contribution >= 0.6 is 34.4 Å². The van der Waals surface area contributed by atoms with E-state index in [0.29, 0.717) is 33.6 Å². The number of anilines is 1. The van der Waals surface area contributed by atoms with Gasteiger partial charge in [0.05, 0.1) is 24.8 Å². The zero-order valence-corrected chi connectivity index (χ0v) is 21.5. The molecule has 0 aliphatic heterocycles. The van der Waals surface area contributed by atoms with E-state index in [-0.39, 0.29) is 11.7 Å². The van der Waals surface area contributed by atoms with Crippen molar-refractivity contribution in [3.05, 3.63) is 65.4 Å². The van der Waals surface area contributed by atoms with Gasteiger partial charge in [-0.25, -0.2) is 4.79 Å². The van der Waals surface area contributed by atoms with E-state index in [1.54, 1.807) is 24.5 Å². The van der Waals surface area contributed by atoms with Crippen molar-refractivity contribution in [3.63, 3.8) is 0 Å². The van der Waals surface area contributed by atoms with Crippen LogP contribution in [-0.2, 0) is 16.1 Å². The number of methoxy groups -OCH3 is 2. The summed E-state index contributed by atoms with van der Waals surface area (Å²) in [6, 6.07) is 11.3. The number of esters is 1. The lowest BCUT2D eigenvalue weighted by atomic mass is 10.0. The first kappa shape index (κ1) is 24.7. The molecule has 4 rings (SSSR count). The molecular formula is C24H22N4O4S3. The number of hydrogen-bond donors (Lipinski definition) is 1. The van der Waals surface area contributed by atoms with E-state index in [0.717, 1.165) is 16.3 Å². The maximum atomic E-state index is 12.8. The van der Waals surface area contributed by atoms with Crippen molar-refractivity contribution >= 4 is 51.3 Å². The molecule has 35 heavy (non-hydrogen) atoms. The number of hydrogen-bond acceptors (Lipinski definition) is 9. The molecule has 0 saturated carbocycles. The first-order chi connectivity index (χ1) is 17.0. The van der Waals surface area contributed by atoms with Gasteiger partial charge in [-0.2, -0.15) is 0 Å². The third-order valence-electron chi connectivity index (χ3n) is 4.94. The highest BCUT2D eigenvalue weighted by Crippen LogP contribution is 2.37. The summed E-state index contributed by atoms with van der Waals surface area (Å²) in [7, 11) is 2.91. The summed E-state index contributed by atoms with van der Waals surface area (Å²) < 4.78 is 12.1. The Balaban J connectivity index is 1.51. The van der Waals surface area contributed by atoms with Gasteiger partial charge in [-0.15, -0.1) is 39.4 Å². The number of thiophene rings is 2. The Hall–Kier alpha value is -3.41. The van der Waals surface area contributed by atoms with Crippen LogP contribution in [0.4, 0.5) is 5.00 Å². The Morgan fingerprint density at radius 3 is 2.63 bits per heavy atom. The van der Waals surface area contributed by atoms with Gasteiger partial charge in [0.2, 0.25) is 5.91 Å². The quantitative estimate of drug-likeness (QED) is 0.167. The monoisotopic (exact) mass is 526 g/mol. The van der Waals surface area contributed by atoms with E-state index in [9.17, 15) is 9.59 Å². The second-order valence-corrected chi connectivity index (χ2v) is 9.86. The van der Waals surface area contributed by atoms with Gasteiger partial charge < -0.3 is 14.8 Å². The average Bonchev–Trinajstić information content (AvgIpc) is 3.63. The number of ether oxygens (including phenoxy) is 2. The van der Waals surface area contributed by atoms with Gasteiger partial charge in [0, 0.05) is 17.5 Å². The molecule has 0 bridgehead atoms. The third-order valence-corrected chi connectivity index (χ3v) is 7.66. The van der Waals surface area contributed by atoms with Crippen LogP contribution in [-0.4, -0.2) is 46.6 Å². The molecule has 1 aromatic carbocycles. The first-order valence-corrected chi connectivity index (χ1v) is 13.1. The average molecular weight is 527 g/mol. The number of benzene rings is 1. The highest BCUT2D eigenvalue weighted by atomic mass is 32.2. The molecule has 8 nitrogen and oxygen atoms in total. The third kappa shape index (κ3) is 5.47. The fourth-order valence-corrected chi connectivity index (χ4v) is 5.75. The van der Waals surface area contributed by atoms with E-state index < -0.39 is 5.97 Å². The highest BCUT2D eigenvalue weighted by Gasteiger charge is 2.23. The number of allylic oxidation sites excluding steroid dienone is 1. The Morgan fingerprint density at radius 1 is 1.17 bits per heavy atom. The molecule has 3 heterocycles. The van der Waals surface area contributed by atoms with Crippen LogP contribution < -0.4 is 10.1 Å². The van der Waals surface area contributed by atoms with Crippen LogP contribution in [0.2, 0.25) is 0 Å². The van der Waals surface area contributed by atoms with E-state index in [2.05, 4.69) is 22.1 Å². The largest absolute Gasteiger partial charge is 0.497 e. The smallest absolute Gasteiger partial charge is 0.341 e. The Labute approximate surface area is 214 Å². The molecule has 0 aliphatic carbocycles. The van der Waals surface area contributed by atoms with Gasteiger partial charge in [0.25, 0.3) is 0 Å². The zero-order valence-electron chi connectivity index (χ0n) is 19.0. The number of carbonyl (C=O) groups excluding carboxylic acids is 2. The SMILES string of the molecule is C=CCn1c(SCC(=O)Nc2scc(-c3ccc(OC)cc3)c2C(=O)OC)nnc1-c1cccs1. The van der Waals surface area contributed by atoms with Crippen molar-refractivity contribution in [3.8, 4) is 27.6 Å². The van der Waals surface area contributed by atoms with E-state index in [1.807, 2.05) is 51.7 Å². The Bertz CT molecular complexity index is 1330. The molecule has 1 N–H and O–H groups in total. The molecule has 0 radical (unpaired) electrons. The van der Waals surface area contributed by atoms with Crippen molar-refractivity contribution in [2.24, 2.45) is 0 Å². The number of amides is 1. The standard InChI is InChI=1S/C24H22N4O4S3/c1-4-11-28-21(18-6-5-12-33-18)26-27-24(28)35-14-19(29)25-22-20(23(30)32-3)17(13-34-22)15-7-9-16(31-2)10-8-15/h4-10,12-13H,1,11,14H2,2-3H3,(H,25,29). The predicted octanol–water partition coefficient (Wildman–Crippen LogP) is 5.45. The minimum atomic E-state index is -0.522. The van der Waals surface area contributed by atoms with Crippen LogP contribution in [0.5, 0.6) is 5.75 Å². The molecule has 4 aromatic rings. The number of rotatable bonds is 10. The molecule has 180 valence electrons. The normalized spacial score (nSPS) is 10.7. The lowest BCUT2D eigenvalue weighted by Gasteiger charge is -2.09. The van der Waals surface area contributed by atoms with Crippen LogP contribution in [0.3, 0.4) is 0 Å². The molecule has 11 heteroatoms. The van der Waals surface area contributed by atoms with Crippen LogP contribution in [0, 0.1) is 0 Å². The van der Waals surface area contributed by atoms with Crippen LogP contribution in [0.1, 0.15) is 10.4 Å². The van der Waals surface area contributed by atoms with Gasteiger partial charge in [-0.05, 0) is 29.1 Å². The number of nitrogens with zero attached hydrogens (tertiary/aromatic N) is 3. The summed E-state index contributed by atoms with van der Waals surface area (Å²) in [5.74, 6) is 0.745. The molecule has 0 saturated heterocycles. The van der Waals surface area contributed by atoms with Gasteiger partial charge in [0.15, 0.2) is 11.0 Å². The Morgan fingerprint density at radius 2 is 1.97 bits per heavy atom. The molecule has 0 atom stereocenters. The van der Waals surface area contributed by atoms with Gasteiger partial charge in [-0.1, -0.05) is 36.0 Å². The summed E-state index contributed by atoms with van der Waals surface area (Å²) in [5, 5.41) is 16.2. The predicted molar refractivity (Wildman–Crippen MR) is 141 cm³/mol. The van der Waals surface area contributed by atoms with E-state index in [1.165, 1.54) is 30.2 Å². The van der Waals surface area contributed by atoms with Crippen molar-refractivity contribution in [1.82, 2.24) is 14.8 Å². The van der Waals surface area contributed by atoms with Gasteiger partial charge >= 0.3 is 5.97 Å². The molecule has 1 amide bonds. The Kier molecular flexibility index (Phi) is 8.01. The number of aromatic nitrogens is 3. The van der Waals surface area contributed by atoms with Crippen molar-refractivity contribution in [1.29, 1.82) is 0 Å². The molecule has 0 aliphatic rings. The molecule has 3 aromatic heterocycles. The minimum Gasteiger partial charge on any atom is -0.497 e. The molecule has 0 unspecified atom stereocenters. The number of thioether (sulfide) groups is 1. The maximum Gasteiger partial charge on any atom is 0.341 e. The summed E-state index contributed by atoms with van der Waals surface area (Å²) in [5.41, 5.74) is 1.81.